The molecule has 0 N–H and O–H groups in total. The topological polar surface area (TPSA) is 17.8 Å². The molecule has 0 radical (unpaired) electrons. The second-order valence-electron chi connectivity index (χ2n) is 2.03. The number of nitrogens with zero attached hydrogens (tertiary/aromatic N) is 2. The highest BCUT2D eigenvalue weighted by molar-refractivity contribution is 14.1. The molecule has 1 rings (SSSR count). The van der Waals surface area contributed by atoms with Crippen LogP contribution in [0.25, 0.3) is 0 Å². The van der Waals surface area contributed by atoms with Gasteiger partial charge in [-0.05, 0) is 13.0 Å². The Labute approximate surface area is 68.4 Å². The van der Waals surface area contributed by atoms with Gasteiger partial charge in [-0.3, -0.25) is 4.68 Å². The predicted octanol–water partition coefficient (Wildman–Crippen LogP) is 1.66. The minimum absolute atomic E-state index is 1.04. The Morgan fingerprint density at radius 2 is 2.44 bits per heavy atom. The minimum Gasteiger partial charge on any atom is -0.272 e. The van der Waals surface area contributed by atoms with Gasteiger partial charge in [0, 0.05) is 17.2 Å². The van der Waals surface area contributed by atoms with Crippen LogP contribution in [0, 0.1) is 6.92 Å². The zero-order chi connectivity index (χ0) is 6.85. The lowest BCUT2D eigenvalue weighted by Crippen LogP contribution is -1.94. The van der Waals surface area contributed by atoms with E-state index in [-0.39, 0.29) is 0 Å². The first-order chi connectivity index (χ1) is 4.24. The molecule has 1 aromatic heterocycles. The van der Waals surface area contributed by atoms with Crippen molar-refractivity contribution < 1.29 is 0 Å². The average Bonchev–Trinajstić information content (AvgIpc) is 2.10. The fraction of sp³-hybridized carbons (Fsp3) is 0.500. The van der Waals surface area contributed by atoms with E-state index in [2.05, 4.69) is 33.8 Å². The van der Waals surface area contributed by atoms with Gasteiger partial charge in [0.2, 0.25) is 0 Å². The molecule has 0 amide bonds. The van der Waals surface area contributed by atoms with Crippen LogP contribution in [-0.4, -0.2) is 9.78 Å². The van der Waals surface area contributed by atoms with Gasteiger partial charge in [0.1, 0.15) is 0 Å². The van der Waals surface area contributed by atoms with E-state index in [9.17, 15) is 0 Å². The monoisotopic (exact) mass is 236 g/mol. The van der Waals surface area contributed by atoms with Gasteiger partial charge in [-0.1, -0.05) is 22.6 Å². The van der Waals surface area contributed by atoms with E-state index < -0.39 is 0 Å². The fourth-order valence-corrected chi connectivity index (χ4v) is 1.50. The predicted molar refractivity (Wildman–Crippen MR) is 45.7 cm³/mol. The largest absolute Gasteiger partial charge is 0.272 e. The molecule has 0 fully saturated rings. The van der Waals surface area contributed by atoms with E-state index in [0.717, 1.165) is 10.1 Å². The van der Waals surface area contributed by atoms with Crippen LogP contribution in [0.2, 0.25) is 0 Å². The Morgan fingerprint density at radius 3 is 2.67 bits per heavy atom. The summed E-state index contributed by atoms with van der Waals surface area (Å²) in [5, 5.41) is 4.19. The smallest absolute Gasteiger partial charge is 0.0596 e. The number of rotatable bonds is 1. The van der Waals surface area contributed by atoms with Crippen LogP contribution in [0.15, 0.2) is 6.07 Å². The van der Waals surface area contributed by atoms with Crippen molar-refractivity contribution in [1.29, 1.82) is 0 Å². The van der Waals surface area contributed by atoms with E-state index in [1.165, 1.54) is 5.69 Å². The van der Waals surface area contributed by atoms with Crippen LogP contribution in [0.3, 0.4) is 0 Å². The SMILES string of the molecule is Cc1cc(CI)n(C)n1. The Hall–Kier alpha value is -0.0600. The van der Waals surface area contributed by atoms with Crippen LogP contribution in [0.4, 0.5) is 0 Å². The Bertz CT molecular complexity index is 205. The molecular weight excluding hydrogens is 227 g/mol. The number of hydrogen-bond donors (Lipinski definition) is 0. The van der Waals surface area contributed by atoms with Gasteiger partial charge < -0.3 is 0 Å². The number of aromatic nitrogens is 2. The standard InChI is InChI=1S/C6H9IN2/c1-5-3-6(4-7)9(2)8-5/h3H,4H2,1-2H3. The van der Waals surface area contributed by atoms with Crippen LogP contribution in [0.5, 0.6) is 0 Å². The van der Waals surface area contributed by atoms with Crippen molar-refractivity contribution in [3.8, 4) is 0 Å². The summed E-state index contributed by atoms with van der Waals surface area (Å²) in [5.74, 6) is 0. The molecule has 0 bridgehead atoms. The summed E-state index contributed by atoms with van der Waals surface area (Å²) < 4.78 is 2.96. The second-order valence-corrected chi connectivity index (χ2v) is 2.80. The molecule has 50 valence electrons. The molecule has 0 aromatic carbocycles. The lowest BCUT2D eigenvalue weighted by molar-refractivity contribution is 0.730. The molecule has 3 heteroatoms. The first-order valence-electron chi connectivity index (χ1n) is 2.79. The Morgan fingerprint density at radius 1 is 1.78 bits per heavy atom. The number of hydrogen-bond acceptors (Lipinski definition) is 1. The van der Waals surface area contributed by atoms with Gasteiger partial charge in [-0.2, -0.15) is 5.10 Å². The fourth-order valence-electron chi connectivity index (χ4n) is 0.789. The molecule has 0 saturated heterocycles. The van der Waals surface area contributed by atoms with Crippen molar-refractivity contribution in [3.63, 3.8) is 0 Å². The van der Waals surface area contributed by atoms with Gasteiger partial charge >= 0.3 is 0 Å². The third-order valence-electron chi connectivity index (χ3n) is 1.24. The molecule has 0 atom stereocenters. The van der Waals surface area contributed by atoms with Gasteiger partial charge in [-0.25, -0.2) is 0 Å². The van der Waals surface area contributed by atoms with Crippen molar-refractivity contribution in [1.82, 2.24) is 9.78 Å². The molecule has 0 saturated carbocycles. The van der Waals surface area contributed by atoms with Crippen molar-refractivity contribution >= 4 is 22.6 Å². The third-order valence-corrected chi connectivity index (χ3v) is 2.02. The summed E-state index contributed by atoms with van der Waals surface area (Å²) in [6.07, 6.45) is 0. The van der Waals surface area contributed by atoms with Crippen LogP contribution < -0.4 is 0 Å². The van der Waals surface area contributed by atoms with Gasteiger partial charge in [-0.15, -0.1) is 0 Å². The zero-order valence-corrected chi connectivity index (χ0v) is 7.71. The first kappa shape index (κ1) is 7.05. The Balaban J connectivity index is 3.01. The lowest BCUT2D eigenvalue weighted by Gasteiger charge is -1.91. The number of alkyl halides is 1. The maximum absolute atomic E-state index is 4.19. The van der Waals surface area contributed by atoms with E-state index in [1.807, 2.05) is 18.7 Å². The zero-order valence-electron chi connectivity index (χ0n) is 5.56. The van der Waals surface area contributed by atoms with E-state index in [1.54, 1.807) is 0 Å². The summed E-state index contributed by atoms with van der Waals surface area (Å²) in [6.45, 7) is 2.01. The maximum Gasteiger partial charge on any atom is 0.0596 e. The highest BCUT2D eigenvalue weighted by atomic mass is 127. The summed E-state index contributed by atoms with van der Waals surface area (Å²) in [6, 6.07) is 2.10. The molecule has 9 heavy (non-hydrogen) atoms. The molecule has 0 aliphatic heterocycles. The molecular formula is C6H9IN2. The third kappa shape index (κ3) is 1.44. The molecule has 1 aromatic rings. The van der Waals surface area contributed by atoms with Gasteiger partial charge in [0.05, 0.1) is 5.69 Å². The van der Waals surface area contributed by atoms with Crippen LogP contribution >= 0.6 is 22.6 Å². The minimum atomic E-state index is 1.04. The molecule has 1 heterocycles. The summed E-state index contributed by atoms with van der Waals surface area (Å²) >= 11 is 2.33. The second kappa shape index (κ2) is 2.68. The molecule has 0 aliphatic carbocycles. The molecule has 0 unspecified atom stereocenters. The highest BCUT2D eigenvalue weighted by Crippen LogP contribution is 2.05. The summed E-state index contributed by atoms with van der Waals surface area (Å²) in [5.41, 5.74) is 2.39. The Kier molecular flexibility index (Phi) is 2.10. The van der Waals surface area contributed by atoms with Gasteiger partial charge in [0.25, 0.3) is 0 Å². The maximum atomic E-state index is 4.19. The van der Waals surface area contributed by atoms with Crippen molar-refractivity contribution in [2.45, 2.75) is 11.4 Å². The van der Waals surface area contributed by atoms with E-state index >= 15 is 0 Å². The number of halogens is 1. The average molecular weight is 236 g/mol. The normalized spacial score (nSPS) is 10.1. The van der Waals surface area contributed by atoms with Gasteiger partial charge in [0.15, 0.2) is 0 Å². The number of aryl methyl sites for hydroxylation is 2. The highest BCUT2D eigenvalue weighted by Gasteiger charge is 1.96. The summed E-state index contributed by atoms with van der Waals surface area (Å²) in [7, 11) is 1.97. The lowest BCUT2D eigenvalue weighted by atomic mass is 10.4. The quantitative estimate of drug-likeness (QED) is 0.535. The van der Waals surface area contributed by atoms with Crippen LogP contribution in [-0.2, 0) is 11.5 Å². The van der Waals surface area contributed by atoms with E-state index in [4.69, 9.17) is 0 Å². The van der Waals surface area contributed by atoms with Crippen LogP contribution in [0.1, 0.15) is 11.4 Å². The summed E-state index contributed by atoms with van der Waals surface area (Å²) in [4.78, 5) is 0. The van der Waals surface area contributed by atoms with Crippen molar-refractivity contribution in [2.75, 3.05) is 0 Å². The van der Waals surface area contributed by atoms with Crippen molar-refractivity contribution in [3.05, 3.63) is 17.5 Å². The molecule has 2 nitrogen and oxygen atoms in total. The molecule has 0 aliphatic rings. The van der Waals surface area contributed by atoms with E-state index in [0.29, 0.717) is 0 Å². The van der Waals surface area contributed by atoms with Crippen molar-refractivity contribution in [2.24, 2.45) is 7.05 Å². The first-order valence-corrected chi connectivity index (χ1v) is 4.32. The molecule has 0 spiro atoms.